The molecule has 168 valence electrons. The van der Waals surface area contributed by atoms with Gasteiger partial charge in [-0.05, 0) is 38.5 Å². The Labute approximate surface area is 200 Å². The van der Waals surface area contributed by atoms with E-state index < -0.39 is 0 Å². The monoisotopic (exact) mass is 548 g/mol. The van der Waals surface area contributed by atoms with Crippen molar-refractivity contribution in [2.45, 2.75) is 40.0 Å². The van der Waals surface area contributed by atoms with Crippen molar-refractivity contribution < 1.29 is 14.2 Å². The van der Waals surface area contributed by atoms with Crippen LogP contribution in [0.15, 0.2) is 28.6 Å². The summed E-state index contributed by atoms with van der Waals surface area (Å²) in [7, 11) is 5.36. The second-order valence-corrected chi connectivity index (χ2v) is 7.39. The molecule has 1 atom stereocenters. The first-order chi connectivity index (χ1) is 14.0. The molecule has 1 unspecified atom stereocenters. The van der Waals surface area contributed by atoms with Crippen molar-refractivity contribution in [1.82, 2.24) is 15.2 Å². The van der Waals surface area contributed by atoms with E-state index in [0.717, 1.165) is 40.3 Å². The van der Waals surface area contributed by atoms with Gasteiger partial charge in [-0.1, -0.05) is 6.07 Å². The number of thiazole rings is 1. The molecule has 30 heavy (non-hydrogen) atoms. The molecule has 7 nitrogen and oxygen atoms in total. The normalized spacial score (nSPS) is 12.1. The molecule has 0 fully saturated rings. The number of halogens is 1. The minimum atomic E-state index is 0. The van der Waals surface area contributed by atoms with Crippen LogP contribution in [0.3, 0.4) is 0 Å². The molecular formula is C21H33IN4O3S. The van der Waals surface area contributed by atoms with E-state index in [-0.39, 0.29) is 30.1 Å². The van der Waals surface area contributed by atoms with Gasteiger partial charge in [0.05, 0.1) is 32.5 Å². The molecule has 0 bridgehead atoms. The molecule has 0 aliphatic rings. The minimum Gasteiger partial charge on any atom is -0.493 e. The van der Waals surface area contributed by atoms with Crippen LogP contribution in [0.4, 0.5) is 0 Å². The smallest absolute Gasteiger partial charge is 0.194 e. The summed E-state index contributed by atoms with van der Waals surface area (Å²) >= 11 is 1.62. The molecule has 0 spiro atoms. The molecule has 2 rings (SSSR count). The second-order valence-electron chi connectivity index (χ2n) is 6.50. The topological polar surface area (TPSA) is 68.2 Å². The summed E-state index contributed by atoms with van der Waals surface area (Å²) in [5, 5.41) is 6.40. The Hall–Kier alpha value is -1.59. The number of aromatic nitrogens is 1. The third-order valence-electron chi connectivity index (χ3n) is 4.31. The fourth-order valence-corrected chi connectivity index (χ4v) is 3.56. The molecule has 0 saturated carbocycles. The summed E-state index contributed by atoms with van der Waals surface area (Å²) < 4.78 is 16.4. The molecule has 9 heteroatoms. The van der Waals surface area contributed by atoms with E-state index in [1.54, 1.807) is 25.6 Å². The highest BCUT2D eigenvalue weighted by atomic mass is 127. The van der Waals surface area contributed by atoms with Crippen molar-refractivity contribution in [3.63, 3.8) is 0 Å². The lowest BCUT2D eigenvalue weighted by atomic mass is 10.2. The van der Waals surface area contributed by atoms with Gasteiger partial charge in [-0.2, -0.15) is 0 Å². The van der Waals surface area contributed by atoms with Crippen molar-refractivity contribution >= 4 is 41.3 Å². The first-order valence-corrected chi connectivity index (χ1v) is 10.7. The summed E-state index contributed by atoms with van der Waals surface area (Å²) in [5.74, 6) is 2.30. The molecular weight excluding hydrogens is 515 g/mol. The zero-order valence-electron chi connectivity index (χ0n) is 18.6. The highest BCUT2D eigenvalue weighted by molar-refractivity contribution is 14.0. The van der Waals surface area contributed by atoms with Crippen LogP contribution >= 0.6 is 35.3 Å². The Bertz CT molecular complexity index is 800. The van der Waals surface area contributed by atoms with Gasteiger partial charge in [0, 0.05) is 26.1 Å². The fourth-order valence-electron chi connectivity index (χ4n) is 2.72. The van der Waals surface area contributed by atoms with Gasteiger partial charge >= 0.3 is 0 Å². The largest absolute Gasteiger partial charge is 0.493 e. The Morgan fingerprint density at radius 3 is 2.67 bits per heavy atom. The average molecular weight is 548 g/mol. The third kappa shape index (κ3) is 7.59. The molecule has 0 saturated heterocycles. The van der Waals surface area contributed by atoms with Crippen LogP contribution in [0.25, 0.3) is 0 Å². The van der Waals surface area contributed by atoms with Gasteiger partial charge in [0.1, 0.15) is 11.1 Å². The maximum absolute atomic E-state index is 5.58. The number of guanidine groups is 1. The number of aliphatic imine (C=N–C) groups is 1. The highest BCUT2D eigenvalue weighted by Gasteiger charge is 2.13. The summed E-state index contributed by atoms with van der Waals surface area (Å²) in [4.78, 5) is 11.5. The predicted octanol–water partition coefficient (Wildman–Crippen LogP) is 4.47. The van der Waals surface area contributed by atoms with Gasteiger partial charge in [0.15, 0.2) is 17.5 Å². The lowest BCUT2D eigenvalue weighted by Crippen LogP contribution is -2.38. The zero-order chi connectivity index (χ0) is 21.2. The number of hydrogen-bond donors (Lipinski definition) is 1. The van der Waals surface area contributed by atoms with Crippen LogP contribution < -0.4 is 14.8 Å². The van der Waals surface area contributed by atoms with Crippen molar-refractivity contribution in [1.29, 1.82) is 0 Å². The van der Waals surface area contributed by atoms with Crippen LogP contribution in [0.1, 0.15) is 43.1 Å². The molecule has 0 amide bonds. The summed E-state index contributed by atoms with van der Waals surface area (Å²) in [6.07, 6.45) is 0.00982. The lowest BCUT2D eigenvalue weighted by Gasteiger charge is -2.21. The Morgan fingerprint density at radius 2 is 2.03 bits per heavy atom. The maximum Gasteiger partial charge on any atom is 0.194 e. The number of methoxy groups -OCH3 is 2. The van der Waals surface area contributed by atoms with E-state index in [4.69, 9.17) is 19.2 Å². The second kappa shape index (κ2) is 13.7. The SMILES string of the molecule is CCNC(=NCc1ccc(OCC)c(OC)c1)N(C)Cc1csc(C(C)OC)n1.I. The highest BCUT2D eigenvalue weighted by Crippen LogP contribution is 2.28. The molecule has 1 aromatic heterocycles. The minimum absolute atomic E-state index is 0. The molecule has 1 heterocycles. The van der Waals surface area contributed by atoms with Gasteiger partial charge in [-0.25, -0.2) is 9.98 Å². The van der Waals surface area contributed by atoms with Gasteiger partial charge in [-0.3, -0.25) is 0 Å². The zero-order valence-corrected chi connectivity index (χ0v) is 21.7. The third-order valence-corrected chi connectivity index (χ3v) is 5.36. The number of nitrogens with zero attached hydrogens (tertiary/aromatic N) is 3. The Morgan fingerprint density at radius 1 is 1.27 bits per heavy atom. The summed E-state index contributed by atoms with van der Waals surface area (Å²) in [5.41, 5.74) is 2.06. The van der Waals surface area contributed by atoms with Gasteiger partial charge in [0.2, 0.25) is 0 Å². The standard InChI is InChI=1S/C21H32N4O3S.HI/c1-7-22-21(25(4)13-17-14-29-20(24-17)15(3)26-5)23-12-16-9-10-18(28-8-2)19(11-16)27-6;/h9-11,14-15H,7-8,12-13H2,1-6H3,(H,22,23);1H. The first-order valence-electron chi connectivity index (χ1n) is 9.78. The molecule has 0 aliphatic heterocycles. The summed E-state index contributed by atoms with van der Waals surface area (Å²) in [6.45, 7) is 8.62. The Kier molecular flexibility index (Phi) is 12.0. The van der Waals surface area contributed by atoms with E-state index >= 15 is 0 Å². The number of benzene rings is 1. The van der Waals surface area contributed by atoms with E-state index in [2.05, 4.69) is 27.5 Å². The lowest BCUT2D eigenvalue weighted by molar-refractivity contribution is 0.119. The van der Waals surface area contributed by atoms with Crippen molar-refractivity contribution in [2.24, 2.45) is 4.99 Å². The summed E-state index contributed by atoms with van der Waals surface area (Å²) in [6, 6.07) is 5.91. The van der Waals surface area contributed by atoms with Crippen LogP contribution in [0, 0.1) is 0 Å². The van der Waals surface area contributed by atoms with Crippen molar-refractivity contribution in [3.8, 4) is 11.5 Å². The molecule has 2 aromatic rings. The molecule has 1 N–H and O–H groups in total. The Balaban J connectivity index is 0.00000450. The van der Waals surface area contributed by atoms with Crippen molar-refractivity contribution in [3.05, 3.63) is 39.8 Å². The van der Waals surface area contributed by atoms with Gasteiger partial charge in [-0.15, -0.1) is 35.3 Å². The number of nitrogens with one attached hydrogen (secondary N) is 1. The quantitative estimate of drug-likeness (QED) is 0.269. The van der Waals surface area contributed by atoms with E-state index in [1.165, 1.54) is 0 Å². The van der Waals surface area contributed by atoms with Crippen LogP contribution in [-0.4, -0.2) is 50.3 Å². The number of rotatable bonds is 10. The first kappa shape index (κ1) is 26.4. The predicted molar refractivity (Wildman–Crippen MR) is 133 cm³/mol. The van der Waals surface area contributed by atoms with Crippen LogP contribution in [0.2, 0.25) is 0 Å². The van der Waals surface area contributed by atoms with Gasteiger partial charge in [0.25, 0.3) is 0 Å². The van der Waals surface area contributed by atoms with Gasteiger partial charge < -0.3 is 24.4 Å². The number of hydrogen-bond acceptors (Lipinski definition) is 6. The number of ether oxygens (including phenoxy) is 3. The van der Waals surface area contributed by atoms with Crippen LogP contribution in [-0.2, 0) is 17.8 Å². The van der Waals surface area contributed by atoms with E-state index in [0.29, 0.717) is 19.7 Å². The van der Waals surface area contributed by atoms with E-state index in [1.807, 2.05) is 39.1 Å². The van der Waals surface area contributed by atoms with Crippen molar-refractivity contribution in [2.75, 3.05) is 34.4 Å². The van der Waals surface area contributed by atoms with Crippen LogP contribution in [0.5, 0.6) is 11.5 Å². The molecule has 0 radical (unpaired) electrons. The van der Waals surface area contributed by atoms with E-state index in [9.17, 15) is 0 Å². The fraction of sp³-hybridized carbons (Fsp3) is 0.524. The molecule has 0 aliphatic carbocycles. The maximum atomic E-state index is 5.58. The molecule has 1 aromatic carbocycles. The average Bonchev–Trinajstić information content (AvgIpc) is 3.19.